The monoisotopic (exact) mass is 765 g/mol. The minimum absolute atomic E-state index is 0.0725. The normalized spacial score (nSPS) is 18.6. The molecule has 0 radical (unpaired) electrons. The Bertz CT molecular complexity index is 2950. The predicted molar refractivity (Wildman–Crippen MR) is 220 cm³/mol. The molecule has 0 bridgehead atoms. The van der Waals surface area contributed by atoms with Crippen LogP contribution >= 0.6 is 0 Å². The van der Waals surface area contributed by atoms with Crippen LogP contribution in [0, 0.1) is 29.2 Å². The van der Waals surface area contributed by atoms with E-state index in [-0.39, 0.29) is 12.2 Å². The van der Waals surface area contributed by atoms with Crippen LogP contribution in [0.5, 0.6) is 11.5 Å². The third kappa shape index (κ3) is 6.52. The number of fused-ring (bicyclic) bond motifs is 4. The van der Waals surface area contributed by atoms with E-state index < -0.39 is 0 Å². The van der Waals surface area contributed by atoms with E-state index >= 15 is 0 Å². The van der Waals surface area contributed by atoms with Gasteiger partial charge in [0.15, 0.2) is 0 Å². The van der Waals surface area contributed by atoms with E-state index in [4.69, 9.17) is 9.47 Å². The predicted octanol–water partition coefficient (Wildman–Crippen LogP) is 8.91. The molecule has 4 atom stereocenters. The molecule has 12 nitrogen and oxygen atoms in total. The van der Waals surface area contributed by atoms with Crippen LogP contribution in [-0.4, -0.2) is 39.1 Å². The van der Waals surface area contributed by atoms with Gasteiger partial charge in [0.2, 0.25) is 0 Å². The first-order chi connectivity index (χ1) is 28.4. The molecule has 58 heavy (non-hydrogen) atoms. The fraction of sp³-hybridized carbons (Fsp3) is 0.261. The number of hydrogen-bond acceptors (Lipinski definition) is 7. The first-order valence-corrected chi connectivity index (χ1v) is 19.8. The van der Waals surface area contributed by atoms with Gasteiger partial charge in [-0.15, -0.1) is 0 Å². The Morgan fingerprint density at radius 3 is 1.83 bits per heavy atom. The summed E-state index contributed by atoms with van der Waals surface area (Å²) in [6, 6.07) is 30.1. The van der Waals surface area contributed by atoms with Gasteiger partial charge in [-0.1, -0.05) is 30.8 Å². The number of rotatable bonds is 7. The van der Waals surface area contributed by atoms with Crippen molar-refractivity contribution in [1.29, 1.82) is 5.26 Å². The van der Waals surface area contributed by atoms with Crippen molar-refractivity contribution in [3.63, 3.8) is 0 Å². The Morgan fingerprint density at radius 2 is 1.24 bits per heavy atom. The average molecular weight is 766 g/mol. The van der Waals surface area contributed by atoms with Crippen LogP contribution in [0.25, 0.3) is 38.0 Å². The van der Waals surface area contributed by atoms with Crippen LogP contribution < -0.4 is 9.47 Å². The maximum atomic E-state index is 9.40. The number of nitriles is 1. The first-order valence-electron chi connectivity index (χ1n) is 19.8. The van der Waals surface area contributed by atoms with Crippen molar-refractivity contribution >= 4 is 21.8 Å². The van der Waals surface area contributed by atoms with E-state index in [2.05, 4.69) is 81.6 Å². The Kier molecular flexibility index (Phi) is 8.75. The summed E-state index contributed by atoms with van der Waals surface area (Å²) in [6.45, 7) is 4.80. The molecule has 0 saturated carbocycles. The van der Waals surface area contributed by atoms with Crippen molar-refractivity contribution in [3.05, 3.63) is 148 Å². The van der Waals surface area contributed by atoms with Gasteiger partial charge in [-0.25, -0.2) is 9.36 Å². The number of hydrogen-bond donors (Lipinski definition) is 0. The number of aromatic nitrogens is 8. The lowest BCUT2D eigenvalue weighted by Gasteiger charge is -2.32. The van der Waals surface area contributed by atoms with Gasteiger partial charge < -0.3 is 9.47 Å². The van der Waals surface area contributed by atoms with Crippen LogP contribution in [0.1, 0.15) is 72.3 Å². The van der Waals surface area contributed by atoms with Crippen molar-refractivity contribution in [2.75, 3.05) is 0 Å². The molecule has 2 aliphatic carbocycles. The Hall–Kier alpha value is -7.18. The minimum Gasteiger partial charge on any atom is -0.485 e. The molecule has 4 aromatic carbocycles. The molecular weight excluding hydrogens is 725 g/mol. The van der Waals surface area contributed by atoms with Gasteiger partial charge in [-0.2, -0.15) is 30.3 Å². The van der Waals surface area contributed by atoms with Gasteiger partial charge in [0.25, 0.3) is 0 Å². The van der Waals surface area contributed by atoms with Crippen molar-refractivity contribution in [1.82, 2.24) is 39.1 Å². The van der Waals surface area contributed by atoms with Crippen LogP contribution in [0.3, 0.4) is 0 Å². The fourth-order valence-corrected chi connectivity index (χ4v) is 8.48. The molecule has 0 aliphatic heterocycles. The molecule has 0 N–H and O–H groups in total. The van der Waals surface area contributed by atoms with E-state index in [1.807, 2.05) is 89.9 Å². The van der Waals surface area contributed by atoms with Crippen LogP contribution in [0.15, 0.2) is 110 Å². The van der Waals surface area contributed by atoms with Crippen molar-refractivity contribution < 1.29 is 9.47 Å². The van der Waals surface area contributed by atoms with Gasteiger partial charge in [0, 0.05) is 30.0 Å². The zero-order valence-corrected chi connectivity index (χ0v) is 32.5. The Balaban J connectivity index is 0.833. The quantitative estimate of drug-likeness (QED) is 0.159. The highest BCUT2D eigenvalue weighted by atomic mass is 16.5. The maximum Gasteiger partial charge on any atom is 0.357 e. The second-order valence-electron chi connectivity index (χ2n) is 15.6. The third-order valence-corrected chi connectivity index (χ3v) is 11.6. The Morgan fingerprint density at radius 1 is 0.672 bits per heavy atom. The smallest absolute Gasteiger partial charge is 0.357 e. The summed E-state index contributed by atoms with van der Waals surface area (Å²) < 4.78 is 20.7. The van der Waals surface area contributed by atoms with E-state index in [9.17, 15) is 5.26 Å². The summed E-state index contributed by atoms with van der Waals surface area (Å²) in [7, 11) is 1.90. The topological polar surface area (TPSA) is 118 Å². The lowest BCUT2D eigenvalue weighted by Crippen LogP contribution is -2.23. The molecule has 0 unspecified atom stereocenters. The second-order valence-corrected chi connectivity index (χ2v) is 15.6. The largest absolute Gasteiger partial charge is 0.485 e. The van der Waals surface area contributed by atoms with Gasteiger partial charge in [0.05, 0.1) is 59.8 Å². The number of aryl methyl sites for hydroxylation is 3. The summed E-state index contributed by atoms with van der Waals surface area (Å²) in [5.41, 5.74) is 10.1. The van der Waals surface area contributed by atoms with Crippen LogP contribution in [-0.2, 0) is 26.6 Å². The molecule has 0 amide bonds. The molecule has 4 aromatic heterocycles. The zero-order chi connectivity index (χ0) is 39.3. The van der Waals surface area contributed by atoms with Crippen molar-refractivity contribution in [2.45, 2.75) is 58.4 Å². The summed E-state index contributed by atoms with van der Waals surface area (Å²) in [6.07, 6.45) is 15.0. The summed E-state index contributed by atoms with van der Waals surface area (Å²) >= 11 is 0. The fourth-order valence-electron chi connectivity index (χ4n) is 8.48. The molecule has 286 valence electrons. The Labute approximate surface area is 335 Å². The molecule has 12 heteroatoms. The highest BCUT2D eigenvalue weighted by Crippen LogP contribution is 2.40. The number of ether oxygens (including phenoxy) is 2. The highest BCUT2D eigenvalue weighted by Gasteiger charge is 2.30. The first kappa shape index (κ1) is 35.2. The lowest BCUT2D eigenvalue weighted by atomic mass is 9.81. The second kappa shape index (κ2) is 14.4. The SMILES string of the molecule is C[C@@H]1CCc2cc(C#[N+]Cn3cc(-n4ncc5ccc(O[C@H]6c7ccc(C#N)cc7CC[C@@H]6C)cc54)cn3)ccc2[C@H]1Oc1ccc2cnn(-c3cnn(C)c3)c2c1. The zero-order valence-electron chi connectivity index (χ0n) is 32.5. The van der Waals surface area contributed by atoms with Crippen molar-refractivity contribution in [3.8, 4) is 35.0 Å². The van der Waals surface area contributed by atoms with Gasteiger partial charge in [0.1, 0.15) is 40.6 Å². The summed E-state index contributed by atoms with van der Waals surface area (Å²) in [5.74, 6) is 2.29. The molecule has 10 rings (SSSR count). The van der Waals surface area contributed by atoms with Crippen LogP contribution in [0.2, 0.25) is 0 Å². The molecule has 0 fully saturated rings. The lowest BCUT2D eigenvalue weighted by molar-refractivity contribution is 0.129. The van der Waals surface area contributed by atoms with E-state index in [1.165, 1.54) is 16.7 Å². The van der Waals surface area contributed by atoms with Crippen LogP contribution in [0.4, 0.5) is 0 Å². The van der Waals surface area contributed by atoms with E-state index in [1.54, 1.807) is 15.6 Å². The standard InChI is InChI=1S/C46H41N10O2/c1-29-4-8-33-16-31(20-47)6-14-41(33)45(29)57-40-13-11-36-23-52-56(44(36)19-40)38-25-50-54(27-38)28-48-21-32-7-15-42-34(17-32)9-5-30(2)46(42)58-39-12-10-35-22-51-55(43(35)18-39)37-24-49-53(3)26-37/h6-7,10-19,22-27,29-30,45-46H,4-5,8-9,28H2,1-3H3/q+1/t29-,30+,45+,46-/m0/s1. The van der Waals surface area contributed by atoms with Gasteiger partial charge in [-0.05, 0) is 108 Å². The van der Waals surface area contributed by atoms with E-state index in [0.717, 1.165) is 81.5 Å². The molecule has 4 heterocycles. The summed E-state index contributed by atoms with van der Waals surface area (Å²) in [4.78, 5) is 4.63. The minimum atomic E-state index is -0.0908. The molecule has 0 saturated heterocycles. The molecular formula is C46H41N10O2+. The maximum absolute atomic E-state index is 9.40. The molecule has 0 spiro atoms. The van der Waals surface area contributed by atoms with E-state index in [0.29, 0.717) is 24.1 Å². The molecule has 8 aromatic rings. The van der Waals surface area contributed by atoms with Crippen molar-refractivity contribution in [2.24, 2.45) is 18.9 Å². The number of benzene rings is 4. The molecule has 2 aliphatic rings. The van der Waals surface area contributed by atoms with Gasteiger partial charge in [-0.3, -0.25) is 4.68 Å². The van der Waals surface area contributed by atoms with Gasteiger partial charge >= 0.3 is 12.7 Å². The highest BCUT2D eigenvalue weighted by molar-refractivity contribution is 5.82. The number of nitrogens with zero attached hydrogens (tertiary/aromatic N) is 10. The third-order valence-electron chi connectivity index (χ3n) is 11.6. The average Bonchev–Trinajstić information content (AvgIpc) is 4.06. The summed E-state index contributed by atoms with van der Waals surface area (Å²) in [5, 5.41) is 29.6.